The zero-order valence-electron chi connectivity index (χ0n) is 7.14. The summed E-state index contributed by atoms with van der Waals surface area (Å²) in [5, 5.41) is 0.577. The van der Waals surface area contributed by atoms with Gasteiger partial charge in [-0.05, 0) is 11.6 Å². The molecule has 5 heteroatoms. The van der Waals surface area contributed by atoms with Crippen LogP contribution < -0.4 is 0 Å². The molecular formula is C9H8BrF3S. The standard InChI is InChI=1S/C9H8BrF3S/c10-5-7-3-1-2-4-8(7)14-6-9(11,12)13/h1-4H,5-6H2. The van der Waals surface area contributed by atoms with Gasteiger partial charge in [-0.25, -0.2) is 0 Å². The smallest absolute Gasteiger partial charge is 0.170 e. The maximum atomic E-state index is 11.9. The van der Waals surface area contributed by atoms with Gasteiger partial charge in [-0.1, -0.05) is 34.1 Å². The molecule has 0 aliphatic rings. The van der Waals surface area contributed by atoms with Gasteiger partial charge in [-0.15, -0.1) is 11.8 Å². The zero-order chi connectivity index (χ0) is 10.6. The highest BCUT2D eigenvalue weighted by molar-refractivity contribution is 9.08. The van der Waals surface area contributed by atoms with Crippen LogP contribution in [0.2, 0.25) is 0 Å². The van der Waals surface area contributed by atoms with E-state index in [1.54, 1.807) is 12.1 Å². The first-order valence-electron chi connectivity index (χ1n) is 3.86. The lowest BCUT2D eigenvalue weighted by Crippen LogP contribution is -2.10. The van der Waals surface area contributed by atoms with Crippen LogP contribution in [0.3, 0.4) is 0 Å². The second kappa shape index (κ2) is 5.07. The normalized spacial score (nSPS) is 11.7. The predicted octanol–water partition coefficient (Wildman–Crippen LogP) is 4.24. The highest BCUT2D eigenvalue weighted by Crippen LogP contribution is 2.30. The fourth-order valence-corrected chi connectivity index (χ4v) is 2.41. The summed E-state index contributed by atoms with van der Waals surface area (Å²) >= 11 is 4.06. The molecular weight excluding hydrogens is 277 g/mol. The van der Waals surface area contributed by atoms with Gasteiger partial charge in [0.05, 0.1) is 5.75 Å². The molecule has 0 unspecified atom stereocenters. The lowest BCUT2D eigenvalue weighted by Gasteiger charge is -2.08. The average Bonchev–Trinajstić information content (AvgIpc) is 2.14. The summed E-state index contributed by atoms with van der Waals surface area (Å²) in [6.07, 6.45) is -4.11. The van der Waals surface area contributed by atoms with Gasteiger partial charge in [0.15, 0.2) is 0 Å². The summed E-state index contributed by atoms with van der Waals surface area (Å²) in [7, 11) is 0. The molecule has 0 spiro atoms. The Balaban J connectivity index is 2.67. The van der Waals surface area contributed by atoms with Crippen LogP contribution in [0.4, 0.5) is 13.2 Å². The summed E-state index contributed by atoms with van der Waals surface area (Å²) in [6.45, 7) is 0. The number of halogens is 4. The third-order valence-electron chi connectivity index (χ3n) is 1.51. The van der Waals surface area contributed by atoms with Crippen LogP contribution in [0, 0.1) is 0 Å². The van der Waals surface area contributed by atoms with Gasteiger partial charge < -0.3 is 0 Å². The first-order valence-corrected chi connectivity index (χ1v) is 5.97. The Morgan fingerprint density at radius 3 is 2.43 bits per heavy atom. The number of hydrogen-bond donors (Lipinski definition) is 0. The van der Waals surface area contributed by atoms with E-state index in [2.05, 4.69) is 15.9 Å². The van der Waals surface area contributed by atoms with E-state index in [0.717, 1.165) is 17.3 Å². The molecule has 0 aliphatic heterocycles. The Morgan fingerprint density at radius 2 is 1.86 bits per heavy atom. The molecule has 0 aliphatic carbocycles. The second-order valence-corrected chi connectivity index (χ2v) is 4.22. The third kappa shape index (κ3) is 3.92. The highest BCUT2D eigenvalue weighted by atomic mass is 79.9. The van der Waals surface area contributed by atoms with E-state index >= 15 is 0 Å². The molecule has 1 aromatic rings. The van der Waals surface area contributed by atoms with Crippen molar-refractivity contribution < 1.29 is 13.2 Å². The van der Waals surface area contributed by atoms with Gasteiger partial charge in [0.2, 0.25) is 0 Å². The van der Waals surface area contributed by atoms with Crippen molar-refractivity contribution in [1.82, 2.24) is 0 Å². The fourth-order valence-electron chi connectivity index (χ4n) is 0.915. The van der Waals surface area contributed by atoms with E-state index in [1.165, 1.54) is 0 Å². The van der Waals surface area contributed by atoms with E-state index in [1.807, 2.05) is 12.1 Å². The first kappa shape index (κ1) is 11.9. The second-order valence-electron chi connectivity index (χ2n) is 2.65. The summed E-state index contributed by atoms with van der Waals surface area (Å²) < 4.78 is 35.8. The van der Waals surface area contributed by atoms with Gasteiger partial charge in [0.25, 0.3) is 0 Å². The van der Waals surface area contributed by atoms with Crippen LogP contribution in [0.1, 0.15) is 5.56 Å². The molecule has 0 atom stereocenters. The summed E-state index contributed by atoms with van der Waals surface area (Å²) in [6, 6.07) is 7.07. The molecule has 0 aromatic heterocycles. The third-order valence-corrected chi connectivity index (χ3v) is 3.29. The fraction of sp³-hybridized carbons (Fsp3) is 0.333. The molecule has 0 radical (unpaired) electrons. The van der Waals surface area contributed by atoms with Gasteiger partial charge >= 0.3 is 6.18 Å². The minimum absolute atomic E-state index is 0.577. The van der Waals surface area contributed by atoms with Crippen molar-refractivity contribution in [3.63, 3.8) is 0 Å². The molecule has 78 valence electrons. The van der Waals surface area contributed by atoms with Gasteiger partial charge in [0.1, 0.15) is 0 Å². The monoisotopic (exact) mass is 284 g/mol. The number of rotatable bonds is 3. The SMILES string of the molecule is FC(F)(F)CSc1ccccc1CBr. The Morgan fingerprint density at radius 1 is 1.21 bits per heavy atom. The minimum atomic E-state index is -4.11. The van der Waals surface area contributed by atoms with Crippen LogP contribution in [0.25, 0.3) is 0 Å². The molecule has 14 heavy (non-hydrogen) atoms. The van der Waals surface area contributed by atoms with Crippen LogP contribution in [0.15, 0.2) is 29.2 Å². The van der Waals surface area contributed by atoms with Crippen LogP contribution >= 0.6 is 27.7 Å². The van der Waals surface area contributed by atoms with Gasteiger partial charge in [-0.3, -0.25) is 0 Å². The lowest BCUT2D eigenvalue weighted by molar-refractivity contribution is -0.105. The average molecular weight is 285 g/mol. The Labute approximate surface area is 93.0 Å². The molecule has 0 saturated carbocycles. The maximum absolute atomic E-state index is 11.9. The molecule has 0 amide bonds. The van der Waals surface area contributed by atoms with Crippen molar-refractivity contribution in [3.05, 3.63) is 29.8 Å². The van der Waals surface area contributed by atoms with Crippen molar-refractivity contribution in [3.8, 4) is 0 Å². The summed E-state index contributed by atoms with van der Waals surface area (Å²) in [4.78, 5) is 0.682. The number of thioether (sulfide) groups is 1. The quantitative estimate of drug-likeness (QED) is 0.591. The molecule has 0 saturated heterocycles. The van der Waals surface area contributed by atoms with Crippen molar-refractivity contribution in [2.24, 2.45) is 0 Å². The number of benzene rings is 1. The molecule has 0 fully saturated rings. The molecule has 0 bridgehead atoms. The molecule has 0 nitrogen and oxygen atoms in total. The van der Waals surface area contributed by atoms with Crippen molar-refractivity contribution in [1.29, 1.82) is 0 Å². The van der Waals surface area contributed by atoms with Gasteiger partial charge in [0, 0.05) is 10.2 Å². The van der Waals surface area contributed by atoms with E-state index in [4.69, 9.17) is 0 Å². The van der Waals surface area contributed by atoms with Crippen LogP contribution in [0.5, 0.6) is 0 Å². The molecule has 0 heterocycles. The summed E-state index contributed by atoms with van der Waals surface area (Å²) in [5.74, 6) is -0.836. The van der Waals surface area contributed by atoms with Crippen molar-refractivity contribution in [2.45, 2.75) is 16.4 Å². The van der Waals surface area contributed by atoms with E-state index in [0.29, 0.717) is 10.2 Å². The van der Waals surface area contributed by atoms with Crippen LogP contribution in [-0.2, 0) is 5.33 Å². The first-order chi connectivity index (χ1) is 6.53. The minimum Gasteiger partial charge on any atom is -0.170 e. The maximum Gasteiger partial charge on any atom is 0.398 e. The highest BCUT2D eigenvalue weighted by Gasteiger charge is 2.27. The molecule has 1 rings (SSSR count). The number of alkyl halides is 4. The van der Waals surface area contributed by atoms with E-state index in [-0.39, 0.29) is 0 Å². The Kier molecular flexibility index (Phi) is 4.31. The number of hydrogen-bond acceptors (Lipinski definition) is 1. The molecule has 1 aromatic carbocycles. The van der Waals surface area contributed by atoms with Crippen molar-refractivity contribution >= 4 is 27.7 Å². The van der Waals surface area contributed by atoms with Crippen LogP contribution in [-0.4, -0.2) is 11.9 Å². The summed E-state index contributed by atoms with van der Waals surface area (Å²) in [5.41, 5.74) is 0.891. The largest absolute Gasteiger partial charge is 0.398 e. The zero-order valence-corrected chi connectivity index (χ0v) is 9.55. The molecule has 0 N–H and O–H groups in total. The lowest BCUT2D eigenvalue weighted by atomic mass is 10.2. The predicted molar refractivity (Wildman–Crippen MR) is 55.9 cm³/mol. The Bertz CT molecular complexity index is 298. The van der Waals surface area contributed by atoms with Crippen molar-refractivity contribution in [2.75, 3.05) is 5.75 Å². The topological polar surface area (TPSA) is 0 Å². The van der Waals surface area contributed by atoms with E-state index in [9.17, 15) is 13.2 Å². The van der Waals surface area contributed by atoms with E-state index < -0.39 is 11.9 Å². The Hall–Kier alpha value is -0.160. The van der Waals surface area contributed by atoms with Gasteiger partial charge in [-0.2, -0.15) is 13.2 Å².